The third kappa shape index (κ3) is 8.00. The summed E-state index contributed by atoms with van der Waals surface area (Å²) in [6, 6.07) is 0. The molecule has 0 saturated heterocycles. The fourth-order valence-corrected chi connectivity index (χ4v) is 3.63. The van der Waals surface area contributed by atoms with Gasteiger partial charge in [0.05, 0.1) is 6.10 Å². The van der Waals surface area contributed by atoms with E-state index in [4.69, 9.17) is 5.11 Å². The summed E-state index contributed by atoms with van der Waals surface area (Å²) in [6.45, 7) is 4.06. The Balaban J connectivity index is 2.55. The van der Waals surface area contributed by atoms with Crippen LogP contribution in [0.1, 0.15) is 65.2 Å². The minimum absolute atomic E-state index is 0.0402. The Morgan fingerprint density at radius 2 is 1.96 bits per heavy atom. The van der Waals surface area contributed by atoms with E-state index in [-0.39, 0.29) is 24.2 Å². The third-order valence-electron chi connectivity index (χ3n) is 5.26. The molecule has 26 heavy (non-hydrogen) atoms. The molecule has 6 atom stereocenters. The maximum atomic E-state index is 13.9. The van der Waals surface area contributed by atoms with Crippen molar-refractivity contribution in [2.24, 2.45) is 17.8 Å². The standard InChI is InChI=1S/C21H35FO4/c1-3-4-10-18(22)19(23)13-12-16-15(2)14-20(24)17(16)9-7-5-6-8-11-21(25)26/h7,9,12-13,15-20,23-24H,3-6,8,10-11,14H2,1-2H3,(H,25,26)/b9-7-,13-12+/t15-,16+,17-,18-,19-,20+/m1/s1. The number of aliphatic hydroxyl groups excluding tert-OH is 2. The number of aliphatic carboxylic acids is 1. The van der Waals surface area contributed by atoms with Crippen molar-refractivity contribution in [1.82, 2.24) is 0 Å². The summed E-state index contributed by atoms with van der Waals surface area (Å²) in [5.74, 6) is -0.471. The number of carbonyl (C=O) groups is 1. The van der Waals surface area contributed by atoms with Gasteiger partial charge in [-0.1, -0.05) is 51.0 Å². The second-order valence-corrected chi connectivity index (χ2v) is 7.54. The van der Waals surface area contributed by atoms with Crippen molar-refractivity contribution in [2.75, 3.05) is 0 Å². The minimum atomic E-state index is -1.24. The molecule has 0 aliphatic heterocycles. The lowest BCUT2D eigenvalue weighted by Crippen LogP contribution is -2.21. The van der Waals surface area contributed by atoms with Crippen LogP contribution < -0.4 is 0 Å². The van der Waals surface area contributed by atoms with E-state index >= 15 is 0 Å². The molecule has 3 N–H and O–H groups in total. The summed E-state index contributed by atoms with van der Waals surface area (Å²) in [4.78, 5) is 10.5. The van der Waals surface area contributed by atoms with E-state index < -0.39 is 24.3 Å². The van der Waals surface area contributed by atoms with Gasteiger partial charge < -0.3 is 15.3 Å². The van der Waals surface area contributed by atoms with E-state index in [9.17, 15) is 19.4 Å². The summed E-state index contributed by atoms with van der Waals surface area (Å²) in [5.41, 5.74) is 0. The van der Waals surface area contributed by atoms with Gasteiger partial charge in [0, 0.05) is 12.3 Å². The molecule has 0 unspecified atom stereocenters. The van der Waals surface area contributed by atoms with Gasteiger partial charge in [0.15, 0.2) is 0 Å². The van der Waals surface area contributed by atoms with Crippen LogP contribution in [0.15, 0.2) is 24.3 Å². The van der Waals surface area contributed by atoms with Crippen molar-refractivity contribution in [2.45, 2.75) is 83.6 Å². The van der Waals surface area contributed by atoms with E-state index in [1.807, 2.05) is 25.2 Å². The van der Waals surface area contributed by atoms with Gasteiger partial charge in [0.2, 0.25) is 0 Å². The number of carboxylic acid groups (broad SMARTS) is 1. The van der Waals surface area contributed by atoms with Crippen molar-refractivity contribution < 1.29 is 24.5 Å². The zero-order chi connectivity index (χ0) is 19.5. The Morgan fingerprint density at radius 3 is 2.62 bits per heavy atom. The Morgan fingerprint density at radius 1 is 1.23 bits per heavy atom. The van der Waals surface area contributed by atoms with Crippen LogP contribution in [-0.4, -0.2) is 39.7 Å². The number of halogens is 1. The van der Waals surface area contributed by atoms with Crippen molar-refractivity contribution >= 4 is 5.97 Å². The van der Waals surface area contributed by atoms with Crippen LogP contribution >= 0.6 is 0 Å². The Labute approximate surface area is 156 Å². The first-order valence-corrected chi connectivity index (χ1v) is 9.93. The van der Waals surface area contributed by atoms with Crippen molar-refractivity contribution in [3.8, 4) is 0 Å². The van der Waals surface area contributed by atoms with E-state index in [0.717, 1.165) is 25.7 Å². The van der Waals surface area contributed by atoms with Crippen LogP contribution in [0.5, 0.6) is 0 Å². The minimum Gasteiger partial charge on any atom is -0.481 e. The molecule has 0 aromatic rings. The highest BCUT2D eigenvalue weighted by Gasteiger charge is 2.37. The fraction of sp³-hybridized carbons (Fsp3) is 0.762. The van der Waals surface area contributed by atoms with Crippen LogP contribution in [0.2, 0.25) is 0 Å². The summed E-state index contributed by atoms with van der Waals surface area (Å²) < 4.78 is 13.9. The second-order valence-electron chi connectivity index (χ2n) is 7.54. The lowest BCUT2D eigenvalue weighted by molar-refractivity contribution is -0.137. The molecule has 0 bridgehead atoms. The van der Waals surface area contributed by atoms with Gasteiger partial charge in [-0.15, -0.1) is 0 Å². The van der Waals surface area contributed by atoms with E-state index in [2.05, 4.69) is 6.92 Å². The monoisotopic (exact) mass is 370 g/mol. The van der Waals surface area contributed by atoms with Gasteiger partial charge in [-0.2, -0.15) is 0 Å². The number of alkyl halides is 1. The lowest BCUT2D eigenvalue weighted by Gasteiger charge is -2.19. The average molecular weight is 371 g/mol. The topological polar surface area (TPSA) is 77.8 Å². The van der Waals surface area contributed by atoms with Crippen molar-refractivity contribution in [1.29, 1.82) is 0 Å². The smallest absolute Gasteiger partial charge is 0.303 e. The highest BCUT2D eigenvalue weighted by Crippen LogP contribution is 2.39. The molecule has 150 valence electrons. The molecule has 1 saturated carbocycles. The van der Waals surface area contributed by atoms with Gasteiger partial charge >= 0.3 is 5.97 Å². The number of rotatable bonds is 12. The van der Waals surface area contributed by atoms with E-state index in [0.29, 0.717) is 19.3 Å². The van der Waals surface area contributed by atoms with Crippen LogP contribution in [0.4, 0.5) is 4.39 Å². The lowest BCUT2D eigenvalue weighted by atomic mass is 9.88. The maximum absolute atomic E-state index is 13.9. The summed E-state index contributed by atoms with van der Waals surface area (Å²) in [7, 11) is 0. The normalized spacial score (nSPS) is 28.8. The maximum Gasteiger partial charge on any atom is 0.303 e. The molecule has 0 aromatic carbocycles. The molecule has 0 spiro atoms. The molecular weight excluding hydrogens is 335 g/mol. The second kappa shape index (κ2) is 12.2. The van der Waals surface area contributed by atoms with Gasteiger partial charge in [0.1, 0.15) is 12.3 Å². The molecule has 1 aliphatic carbocycles. The predicted octanol–water partition coefficient (Wildman–Crippen LogP) is 4.27. The molecule has 4 nitrogen and oxygen atoms in total. The zero-order valence-electron chi connectivity index (χ0n) is 16.1. The molecule has 0 amide bonds. The van der Waals surface area contributed by atoms with Gasteiger partial charge in [-0.05, 0) is 43.9 Å². The number of unbranched alkanes of at least 4 members (excludes halogenated alkanes) is 3. The fourth-order valence-electron chi connectivity index (χ4n) is 3.63. The number of allylic oxidation sites excluding steroid dienone is 2. The van der Waals surface area contributed by atoms with Crippen LogP contribution in [0.3, 0.4) is 0 Å². The van der Waals surface area contributed by atoms with E-state index in [1.54, 1.807) is 6.08 Å². The number of hydrogen-bond acceptors (Lipinski definition) is 3. The molecule has 0 heterocycles. The van der Waals surface area contributed by atoms with Gasteiger partial charge in [-0.3, -0.25) is 4.79 Å². The molecule has 1 aliphatic rings. The molecule has 1 rings (SSSR count). The first kappa shape index (κ1) is 22.8. The van der Waals surface area contributed by atoms with Crippen LogP contribution in [-0.2, 0) is 4.79 Å². The number of aliphatic hydroxyl groups is 2. The molecule has 5 heteroatoms. The largest absolute Gasteiger partial charge is 0.481 e. The molecule has 0 radical (unpaired) electrons. The SMILES string of the molecule is CCCC[C@@H](F)[C@H](O)/C=C/[C@@H]1[C@@H](/C=C\CCCCC(=O)O)[C@@H](O)C[C@H]1C. The first-order valence-electron chi connectivity index (χ1n) is 9.93. The zero-order valence-corrected chi connectivity index (χ0v) is 16.1. The van der Waals surface area contributed by atoms with Crippen molar-refractivity contribution in [3.63, 3.8) is 0 Å². The predicted molar refractivity (Wildman–Crippen MR) is 102 cm³/mol. The van der Waals surface area contributed by atoms with Crippen LogP contribution in [0, 0.1) is 17.8 Å². The summed E-state index contributed by atoms with van der Waals surface area (Å²) in [5, 5.41) is 28.9. The molecule has 1 fully saturated rings. The average Bonchev–Trinajstić information content (AvgIpc) is 2.86. The number of carboxylic acids is 1. The highest BCUT2D eigenvalue weighted by atomic mass is 19.1. The Hall–Kier alpha value is -1.20. The van der Waals surface area contributed by atoms with Crippen LogP contribution in [0.25, 0.3) is 0 Å². The van der Waals surface area contributed by atoms with Gasteiger partial charge in [-0.25, -0.2) is 4.39 Å². The summed E-state index contributed by atoms with van der Waals surface area (Å²) >= 11 is 0. The third-order valence-corrected chi connectivity index (χ3v) is 5.26. The first-order chi connectivity index (χ1) is 12.4. The summed E-state index contributed by atoms with van der Waals surface area (Å²) in [6.07, 6.45) is 9.79. The number of hydrogen-bond donors (Lipinski definition) is 3. The van der Waals surface area contributed by atoms with Crippen molar-refractivity contribution in [3.05, 3.63) is 24.3 Å². The quantitative estimate of drug-likeness (QED) is 0.354. The molecule has 0 aromatic heterocycles. The Kier molecular flexibility index (Phi) is 10.7. The van der Waals surface area contributed by atoms with E-state index in [1.165, 1.54) is 0 Å². The highest BCUT2D eigenvalue weighted by molar-refractivity contribution is 5.66. The molecular formula is C21H35FO4. The Bertz CT molecular complexity index is 463. The van der Waals surface area contributed by atoms with Gasteiger partial charge in [0.25, 0.3) is 0 Å².